The Bertz CT molecular complexity index is 756. The maximum Gasteiger partial charge on any atom is 0.328 e. The summed E-state index contributed by atoms with van der Waals surface area (Å²) in [4.78, 5) is 23.9. The number of nitrogens with one attached hydrogen (secondary N) is 1. The third kappa shape index (κ3) is 4.63. The lowest BCUT2D eigenvalue weighted by molar-refractivity contribution is -0.145. The van der Waals surface area contributed by atoms with Crippen LogP contribution in [-0.2, 0) is 14.3 Å². The molecule has 1 saturated carbocycles. The van der Waals surface area contributed by atoms with E-state index in [1.807, 2.05) is 54.6 Å². The highest BCUT2D eigenvalue weighted by Gasteiger charge is 2.37. The van der Waals surface area contributed by atoms with Crippen LogP contribution in [-0.4, -0.2) is 31.6 Å². The van der Waals surface area contributed by atoms with E-state index in [2.05, 4.69) is 5.32 Å². The lowest BCUT2D eigenvalue weighted by atomic mass is 10.1. The van der Waals surface area contributed by atoms with Gasteiger partial charge >= 0.3 is 5.97 Å². The minimum atomic E-state index is -0.538. The van der Waals surface area contributed by atoms with Gasteiger partial charge in [0.05, 0.1) is 20.1 Å². The number of amides is 1. The highest BCUT2D eigenvalue weighted by molar-refractivity contribution is 5.85. The Morgan fingerprint density at radius 2 is 1.77 bits per heavy atom. The number of benzene rings is 2. The van der Waals surface area contributed by atoms with Crippen molar-refractivity contribution in [2.75, 3.05) is 13.7 Å². The Kier molecular flexibility index (Phi) is 5.89. The largest absolute Gasteiger partial charge is 0.492 e. The zero-order chi connectivity index (χ0) is 18.4. The van der Waals surface area contributed by atoms with Gasteiger partial charge in [-0.2, -0.15) is 0 Å². The van der Waals surface area contributed by atoms with E-state index in [-0.39, 0.29) is 30.8 Å². The molecule has 2 aromatic carbocycles. The minimum absolute atomic E-state index is 0.184. The van der Waals surface area contributed by atoms with E-state index in [9.17, 15) is 9.59 Å². The third-order valence-corrected chi connectivity index (χ3v) is 4.42. The van der Waals surface area contributed by atoms with Crippen LogP contribution < -0.4 is 10.1 Å². The van der Waals surface area contributed by atoms with E-state index < -0.39 is 6.04 Å². The maximum absolute atomic E-state index is 12.2. The second kappa shape index (κ2) is 8.52. The number of hydrogen-bond acceptors (Lipinski definition) is 4. The lowest BCUT2D eigenvalue weighted by Crippen LogP contribution is -2.43. The quantitative estimate of drug-likeness (QED) is 0.740. The van der Waals surface area contributed by atoms with Crippen LogP contribution in [0.5, 0.6) is 5.75 Å². The van der Waals surface area contributed by atoms with E-state index in [1.165, 1.54) is 7.11 Å². The van der Waals surface area contributed by atoms with E-state index in [1.54, 1.807) is 0 Å². The lowest BCUT2D eigenvalue weighted by Gasteiger charge is -2.16. The fourth-order valence-corrected chi connectivity index (χ4v) is 2.87. The summed E-state index contributed by atoms with van der Waals surface area (Å²) in [5, 5.41) is 2.77. The van der Waals surface area contributed by atoms with Crippen molar-refractivity contribution in [3.63, 3.8) is 0 Å². The summed E-state index contributed by atoms with van der Waals surface area (Å²) >= 11 is 0. The van der Waals surface area contributed by atoms with Crippen molar-refractivity contribution in [3.05, 3.63) is 54.6 Å². The van der Waals surface area contributed by atoms with Crippen LogP contribution in [0.3, 0.4) is 0 Å². The average molecular weight is 353 g/mol. The maximum atomic E-state index is 12.2. The smallest absolute Gasteiger partial charge is 0.328 e. The van der Waals surface area contributed by atoms with E-state index in [0.717, 1.165) is 29.7 Å². The first kappa shape index (κ1) is 18.0. The van der Waals surface area contributed by atoms with Gasteiger partial charge in [-0.05, 0) is 30.4 Å². The Balaban J connectivity index is 1.55. The molecule has 0 saturated heterocycles. The van der Waals surface area contributed by atoms with Crippen LogP contribution in [0.15, 0.2) is 54.6 Å². The predicted octanol–water partition coefficient (Wildman–Crippen LogP) is 3.19. The Labute approximate surface area is 153 Å². The normalized spacial score (nSPS) is 14.3. The van der Waals surface area contributed by atoms with Crippen LogP contribution in [0.4, 0.5) is 0 Å². The summed E-state index contributed by atoms with van der Waals surface area (Å²) in [6.45, 7) is 0.244. The van der Waals surface area contributed by atoms with E-state index >= 15 is 0 Å². The molecule has 1 N–H and O–H groups in total. The molecule has 0 heterocycles. The van der Waals surface area contributed by atoms with Gasteiger partial charge in [0.1, 0.15) is 11.8 Å². The molecule has 1 aliphatic rings. The van der Waals surface area contributed by atoms with Crippen molar-refractivity contribution in [2.45, 2.75) is 25.3 Å². The van der Waals surface area contributed by atoms with Gasteiger partial charge < -0.3 is 14.8 Å². The van der Waals surface area contributed by atoms with Crippen LogP contribution in [0.2, 0.25) is 0 Å². The minimum Gasteiger partial charge on any atom is -0.492 e. The summed E-state index contributed by atoms with van der Waals surface area (Å²) < 4.78 is 10.6. The van der Waals surface area contributed by atoms with Crippen molar-refractivity contribution in [1.82, 2.24) is 5.32 Å². The first-order valence-electron chi connectivity index (χ1n) is 8.83. The van der Waals surface area contributed by atoms with Gasteiger partial charge in [-0.3, -0.25) is 4.79 Å². The highest BCUT2D eigenvalue weighted by atomic mass is 16.5. The van der Waals surface area contributed by atoms with Gasteiger partial charge in [0.2, 0.25) is 5.91 Å². The van der Waals surface area contributed by atoms with E-state index in [0.29, 0.717) is 0 Å². The standard InChI is InChI=1S/C21H23NO4/c1-25-21(24)20(16-11-12-16)22-19(23)13-14-26-18-10-6-5-9-17(18)15-7-3-2-4-8-15/h2-10,16,20H,11-14H2,1H3,(H,22,23)/t20-/m1/s1. The Morgan fingerprint density at radius 3 is 2.46 bits per heavy atom. The molecule has 0 radical (unpaired) electrons. The molecule has 3 rings (SSSR count). The summed E-state index contributed by atoms with van der Waals surface area (Å²) in [7, 11) is 1.34. The molecule has 0 aromatic heterocycles. The molecule has 0 spiro atoms. The van der Waals surface area contributed by atoms with Gasteiger partial charge in [-0.1, -0.05) is 48.5 Å². The zero-order valence-electron chi connectivity index (χ0n) is 14.8. The first-order chi connectivity index (χ1) is 12.7. The predicted molar refractivity (Wildman–Crippen MR) is 98.7 cm³/mol. The Hall–Kier alpha value is -2.82. The molecular formula is C21H23NO4. The second-order valence-corrected chi connectivity index (χ2v) is 6.37. The number of esters is 1. The molecule has 0 aliphatic heterocycles. The number of ether oxygens (including phenoxy) is 2. The summed E-state index contributed by atoms with van der Waals surface area (Å²) in [6, 6.07) is 17.2. The monoisotopic (exact) mass is 353 g/mol. The van der Waals surface area contributed by atoms with Crippen molar-refractivity contribution in [3.8, 4) is 16.9 Å². The molecule has 26 heavy (non-hydrogen) atoms. The van der Waals surface area contributed by atoms with Gasteiger partial charge in [0.25, 0.3) is 0 Å². The van der Waals surface area contributed by atoms with Gasteiger partial charge in [0.15, 0.2) is 0 Å². The molecule has 0 bridgehead atoms. The van der Waals surface area contributed by atoms with Crippen LogP contribution in [0.25, 0.3) is 11.1 Å². The molecule has 5 heteroatoms. The van der Waals surface area contributed by atoms with Crippen LogP contribution in [0, 0.1) is 5.92 Å². The van der Waals surface area contributed by atoms with Crippen molar-refractivity contribution < 1.29 is 19.1 Å². The Morgan fingerprint density at radius 1 is 1.08 bits per heavy atom. The van der Waals surface area contributed by atoms with Crippen LogP contribution in [0.1, 0.15) is 19.3 Å². The van der Waals surface area contributed by atoms with Gasteiger partial charge in [-0.15, -0.1) is 0 Å². The average Bonchev–Trinajstić information content (AvgIpc) is 3.52. The second-order valence-electron chi connectivity index (χ2n) is 6.37. The molecule has 1 fully saturated rings. The fraction of sp³-hybridized carbons (Fsp3) is 0.333. The van der Waals surface area contributed by atoms with Crippen molar-refractivity contribution in [2.24, 2.45) is 5.92 Å². The fourth-order valence-electron chi connectivity index (χ4n) is 2.87. The van der Waals surface area contributed by atoms with Crippen LogP contribution >= 0.6 is 0 Å². The van der Waals surface area contributed by atoms with Gasteiger partial charge in [-0.25, -0.2) is 4.79 Å². The van der Waals surface area contributed by atoms with Gasteiger partial charge in [0, 0.05) is 5.56 Å². The molecule has 1 atom stereocenters. The number of para-hydroxylation sites is 1. The molecule has 5 nitrogen and oxygen atoms in total. The highest BCUT2D eigenvalue weighted by Crippen LogP contribution is 2.33. The van der Waals surface area contributed by atoms with Crippen molar-refractivity contribution >= 4 is 11.9 Å². The summed E-state index contributed by atoms with van der Waals surface area (Å²) in [5.41, 5.74) is 2.05. The molecule has 2 aromatic rings. The summed E-state index contributed by atoms with van der Waals surface area (Å²) in [5.74, 6) is 0.352. The number of rotatable bonds is 8. The van der Waals surface area contributed by atoms with E-state index in [4.69, 9.17) is 9.47 Å². The SMILES string of the molecule is COC(=O)[C@H](NC(=O)CCOc1ccccc1-c1ccccc1)C1CC1. The molecule has 0 unspecified atom stereocenters. The summed E-state index contributed by atoms with van der Waals surface area (Å²) in [6.07, 6.45) is 2.07. The topological polar surface area (TPSA) is 64.6 Å². The third-order valence-electron chi connectivity index (χ3n) is 4.42. The molecular weight excluding hydrogens is 330 g/mol. The molecule has 136 valence electrons. The number of carbonyl (C=O) groups is 2. The number of methoxy groups -OCH3 is 1. The number of carbonyl (C=O) groups excluding carboxylic acids is 2. The molecule has 1 amide bonds. The first-order valence-corrected chi connectivity index (χ1v) is 8.83. The van der Waals surface area contributed by atoms with Crippen molar-refractivity contribution in [1.29, 1.82) is 0 Å². The molecule has 1 aliphatic carbocycles. The number of hydrogen-bond donors (Lipinski definition) is 1. The zero-order valence-corrected chi connectivity index (χ0v) is 14.8.